The maximum absolute atomic E-state index is 13.0. The van der Waals surface area contributed by atoms with E-state index in [4.69, 9.17) is 0 Å². The van der Waals surface area contributed by atoms with Crippen LogP contribution in [0.4, 0.5) is 10.1 Å². The van der Waals surface area contributed by atoms with E-state index >= 15 is 0 Å². The van der Waals surface area contributed by atoms with Crippen molar-refractivity contribution in [3.8, 4) is 0 Å². The van der Waals surface area contributed by atoms with Crippen LogP contribution in [0.15, 0.2) is 24.3 Å². The Labute approximate surface area is 118 Å². The van der Waals surface area contributed by atoms with Crippen molar-refractivity contribution in [2.24, 2.45) is 5.92 Å². The van der Waals surface area contributed by atoms with Crippen LogP contribution in [-0.4, -0.2) is 36.7 Å². The van der Waals surface area contributed by atoms with Gasteiger partial charge in [-0.15, -0.1) is 0 Å². The van der Waals surface area contributed by atoms with E-state index in [2.05, 4.69) is 10.2 Å². The van der Waals surface area contributed by atoms with Gasteiger partial charge in [0.1, 0.15) is 12.1 Å². The molecule has 1 fully saturated rings. The number of nitrogens with zero attached hydrogens (tertiary/aromatic N) is 1. The molecule has 1 amide bonds. The first-order valence-electron chi connectivity index (χ1n) is 6.90. The van der Waals surface area contributed by atoms with Crippen molar-refractivity contribution in [2.75, 3.05) is 25.0 Å². The molecule has 1 unspecified atom stereocenters. The molecule has 1 aliphatic heterocycles. The summed E-state index contributed by atoms with van der Waals surface area (Å²) >= 11 is 0. The molecule has 1 atom stereocenters. The van der Waals surface area contributed by atoms with Gasteiger partial charge in [-0.25, -0.2) is 4.39 Å². The maximum atomic E-state index is 13.0. The first-order chi connectivity index (χ1) is 9.67. The van der Waals surface area contributed by atoms with Gasteiger partial charge in [0.25, 0.3) is 0 Å². The van der Waals surface area contributed by atoms with Gasteiger partial charge >= 0.3 is 0 Å². The highest BCUT2D eigenvalue weighted by Crippen LogP contribution is 2.15. The summed E-state index contributed by atoms with van der Waals surface area (Å²) in [6.07, 6.45) is 3.28. The molecule has 1 aliphatic rings. The minimum atomic E-state index is -0.368. The summed E-state index contributed by atoms with van der Waals surface area (Å²) in [5.74, 6) is -0.411. The average molecular weight is 278 g/mol. The van der Waals surface area contributed by atoms with Crippen LogP contribution in [0.1, 0.15) is 19.3 Å². The minimum absolute atomic E-state index is 0.0926. The number of piperidine rings is 1. The summed E-state index contributed by atoms with van der Waals surface area (Å²) in [6, 6.07) is 5.85. The van der Waals surface area contributed by atoms with Gasteiger partial charge in [-0.05, 0) is 37.6 Å². The Morgan fingerprint density at radius 1 is 1.50 bits per heavy atom. The number of likely N-dealkylation sites (tertiary alicyclic amines) is 1. The predicted molar refractivity (Wildman–Crippen MR) is 74.9 cm³/mol. The number of halogens is 1. The molecule has 0 saturated carbocycles. The normalized spacial score (nSPS) is 19.6. The van der Waals surface area contributed by atoms with E-state index in [-0.39, 0.29) is 17.6 Å². The van der Waals surface area contributed by atoms with Crippen molar-refractivity contribution in [2.45, 2.75) is 19.3 Å². The van der Waals surface area contributed by atoms with Crippen LogP contribution in [0, 0.1) is 11.7 Å². The molecule has 2 rings (SSSR count). The monoisotopic (exact) mass is 278 g/mol. The Kier molecular flexibility index (Phi) is 5.24. The van der Waals surface area contributed by atoms with Gasteiger partial charge in [-0.3, -0.25) is 4.79 Å². The highest BCUT2D eigenvalue weighted by Gasteiger charge is 2.19. The number of aldehydes is 1. The van der Waals surface area contributed by atoms with E-state index < -0.39 is 0 Å². The van der Waals surface area contributed by atoms with Crippen LogP contribution in [0.5, 0.6) is 0 Å². The molecule has 0 bridgehead atoms. The maximum Gasteiger partial charge on any atom is 0.225 e. The highest BCUT2D eigenvalue weighted by atomic mass is 19.1. The van der Waals surface area contributed by atoms with Gasteiger partial charge in [-0.1, -0.05) is 6.07 Å². The standard InChI is InChI=1S/C15H19FN2O2/c16-13-4-1-5-14(9-13)17-15(20)6-8-18-7-2-3-12(10-18)11-19/h1,4-5,9,11-12H,2-3,6-8,10H2,(H,17,20). The fourth-order valence-corrected chi connectivity index (χ4v) is 2.45. The van der Waals surface area contributed by atoms with Gasteiger partial charge in [0, 0.05) is 31.1 Å². The van der Waals surface area contributed by atoms with E-state index in [1.54, 1.807) is 12.1 Å². The van der Waals surface area contributed by atoms with Gasteiger partial charge < -0.3 is 15.0 Å². The molecule has 20 heavy (non-hydrogen) atoms. The van der Waals surface area contributed by atoms with E-state index in [1.165, 1.54) is 12.1 Å². The lowest BCUT2D eigenvalue weighted by atomic mass is 10.00. The quantitative estimate of drug-likeness (QED) is 0.839. The van der Waals surface area contributed by atoms with Crippen molar-refractivity contribution in [3.63, 3.8) is 0 Å². The second-order valence-corrected chi connectivity index (χ2v) is 5.15. The second-order valence-electron chi connectivity index (χ2n) is 5.15. The lowest BCUT2D eigenvalue weighted by Gasteiger charge is -2.29. The summed E-state index contributed by atoms with van der Waals surface area (Å²) in [5, 5.41) is 2.67. The van der Waals surface area contributed by atoms with Crippen molar-refractivity contribution in [1.29, 1.82) is 0 Å². The van der Waals surface area contributed by atoms with Crippen molar-refractivity contribution in [3.05, 3.63) is 30.1 Å². The molecule has 108 valence electrons. The fourth-order valence-electron chi connectivity index (χ4n) is 2.45. The van der Waals surface area contributed by atoms with Crippen LogP contribution in [0.25, 0.3) is 0 Å². The van der Waals surface area contributed by atoms with Gasteiger partial charge in [-0.2, -0.15) is 0 Å². The Morgan fingerprint density at radius 3 is 3.10 bits per heavy atom. The number of benzene rings is 1. The number of hydrogen-bond donors (Lipinski definition) is 1. The van der Waals surface area contributed by atoms with Crippen LogP contribution in [0.3, 0.4) is 0 Å². The molecule has 4 nitrogen and oxygen atoms in total. The van der Waals surface area contributed by atoms with Crippen molar-refractivity contribution in [1.82, 2.24) is 4.90 Å². The summed E-state index contributed by atoms with van der Waals surface area (Å²) in [5.41, 5.74) is 0.472. The van der Waals surface area contributed by atoms with Crippen molar-refractivity contribution >= 4 is 17.9 Å². The number of carbonyl (C=O) groups is 2. The summed E-state index contributed by atoms with van der Waals surface area (Å²) in [4.78, 5) is 24.7. The van der Waals surface area contributed by atoms with Crippen LogP contribution < -0.4 is 5.32 Å². The number of carbonyl (C=O) groups excluding carboxylic acids is 2. The molecule has 1 aromatic carbocycles. The molecule has 0 radical (unpaired) electrons. The first kappa shape index (κ1) is 14.7. The van der Waals surface area contributed by atoms with E-state index in [0.29, 0.717) is 18.7 Å². The van der Waals surface area contributed by atoms with Crippen molar-refractivity contribution < 1.29 is 14.0 Å². The zero-order valence-corrected chi connectivity index (χ0v) is 11.3. The molecule has 5 heteroatoms. The fraction of sp³-hybridized carbons (Fsp3) is 0.467. The highest BCUT2D eigenvalue weighted by molar-refractivity contribution is 5.90. The molecule has 0 aliphatic carbocycles. The Morgan fingerprint density at radius 2 is 2.35 bits per heavy atom. The minimum Gasteiger partial charge on any atom is -0.326 e. The zero-order chi connectivity index (χ0) is 14.4. The molecule has 0 aromatic heterocycles. The van der Waals surface area contributed by atoms with Crippen LogP contribution in [-0.2, 0) is 9.59 Å². The largest absolute Gasteiger partial charge is 0.326 e. The van der Waals surface area contributed by atoms with Crippen LogP contribution >= 0.6 is 0 Å². The van der Waals surface area contributed by atoms with Crippen LogP contribution in [0.2, 0.25) is 0 Å². The lowest BCUT2D eigenvalue weighted by molar-refractivity contribution is -0.116. The number of anilines is 1. The van der Waals surface area contributed by atoms with E-state index in [0.717, 1.165) is 32.2 Å². The molecular formula is C15H19FN2O2. The number of rotatable bonds is 5. The summed E-state index contributed by atoms with van der Waals surface area (Å²) in [7, 11) is 0. The third-order valence-electron chi connectivity index (χ3n) is 3.50. The Balaban J connectivity index is 1.76. The summed E-state index contributed by atoms with van der Waals surface area (Å²) in [6.45, 7) is 2.29. The SMILES string of the molecule is O=CC1CCCN(CCC(=O)Nc2cccc(F)c2)C1. The van der Waals surface area contributed by atoms with E-state index in [1.807, 2.05) is 0 Å². The topological polar surface area (TPSA) is 49.4 Å². The third kappa shape index (κ3) is 4.42. The summed E-state index contributed by atoms with van der Waals surface area (Å²) < 4.78 is 13.0. The molecule has 1 heterocycles. The lowest BCUT2D eigenvalue weighted by Crippen LogP contribution is -2.37. The zero-order valence-electron chi connectivity index (χ0n) is 11.3. The molecular weight excluding hydrogens is 259 g/mol. The van der Waals surface area contributed by atoms with E-state index in [9.17, 15) is 14.0 Å². The first-order valence-corrected chi connectivity index (χ1v) is 6.90. The molecule has 1 aromatic rings. The van der Waals surface area contributed by atoms with Gasteiger partial charge in [0.05, 0.1) is 0 Å². The predicted octanol–water partition coefficient (Wildman–Crippen LogP) is 2.07. The second kappa shape index (κ2) is 7.14. The number of nitrogens with one attached hydrogen (secondary N) is 1. The van der Waals surface area contributed by atoms with Gasteiger partial charge in [0.2, 0.25) is 5.91 Å². The third-order valence-corrected chi connectivity index (χ3v) is 3.50. The molecule has 1 saturated heterocycles. The molecule has 0 spiro atoms. The Bertz CT molecular complexity index is 479. The Hall–Kier alpha value is -1.75. The molecule has 1 N–H and O–H groups in total. The number of hydrogen-bond acceptors (Lipinski definition) is 3. The van der Waals surface area contributed by atoms with Gasteiger partial charge in [0.15, 0.2) is 0 Å². The smallest absolute Gasteiger partial charge is 0.225 e. The number of amides is 1. The average Bonchev–Trinajstić information content (AvgIpc) is 2.45.